The predicted octanol–water partition coefficient (Wildman–Crippen LogP) is 6.94. The first-order chi connectivity index (χ1) is 19.4. The highest BCUT2D eigenvalue weighted by Crippen LogP contribution is 2.52. The first kappa shape index (κ1) is 28.5. The summed E-state index contributed by atoms with van der Waals surface area (Å²) in [5, 5.41) is 22.3. The third kappa shape index (κ3) is 6.57. The van der Waals surface area contributed by atoms with Crippen LogP contribution in [-0.2, 0) is 9.59 Å². The molecule has 0 unspecified atom stereocenters. The Morgan fingerprint density at radius 1 is 0.625 bits per heavy atom. The minimum absolute atomic E-state index is 0.244. The van der Waals surface area contributed by atoms with Gasteiger partial charge in [0.15, 0.2) is 36.2 Å². The van der Waals surface area contributed by atoms with E-state index in [9.17, 15) is 19.8 Å². The molecule has 0 saturated carbocycles. The van der Waals surface area contributed by atoms with Crippen LogP contribution in [0.1, 0.15) is 39.5 Å². The Morgan fingerprint density at radius 2 is 1.02 bits per heavy atom. The van der Waals surface area contributed by atoms with E-state index < -0.39 is 25.2 Å². The van der Waals surface area contributed by atoms with Crippen molar-refractivity contribution in [3.05, 3.63) is 60.7 Å². The minimum Gasteiger partial charge on any atom is -0.490 e. The van der Waals surface area contributed by atoms with E-state index in [0.717, 1.165) is 47.2 Å². The van der Waals surface area contributed by atoms with Crippen molar-refractivity contribution in [1.82, 2.24) is 0 Å². The Bertz CT molecular complexity index is 1380. The van der Waals surface area contributed by atoms with E-state index in [1.54, 1.807) is 0 Å². The van der Waals surface area contributed by atoms with Crippen LogP contribution in [0, 0.1) is 0 Å². The molecule has 0 bridgehead atoms. The van der Waals surface area contributed by atoms with Crippen LogP contribution in [0.15, 0.2) is 60.7 Å². The van der Waals surface area contributed by atoms with Crippen molar-refractivity contribution in [1.29, 1.82) is 0 Å². The smallest absolute Gasteiger partial charge is 0.341 e. The lowest BCUT2D eigenvalue weighted by Gasteiger charge is -2.23. The maximum Gasteiger partial charge on any atom is 0.341 e. The molecule has 2 N–H and O–H groups in total. The number of hydrogen-bond acceptors (Lipinski definition) is 6. The van der Waals surface area contributed by atoms with E-state index in [1.807, 2.05) is 60.7 Å². The number of rotatable bonds is 15. The SMILES string of the molecule is CCCCOc1cc2ccccc2c(-c2c(OCC(=O)O)c(OCCCC)cc3ccccc23)c1OCC(=O)O. The lowest BCUT2D eigenvalue weighted by Crippen LogP contribution is -2.13. The second kappa shape index (κ2) is 13.6. The lowest BCUT2D eigenvalue weighted by atomic mass is 9.91. The maximum absolute atomic E-state index is 11.6. The number of ether oxygens (including phenoxy) is 4. The van der Waals surface area contributed by atoms with Crippen molar-refractivity contribution >= 4 is 33.5 Å². The van der Waals surface area contributed by atoms with Gasteiger partial charge in [-0.15, -0.1) is 0 Å². The summed E-state index contributed by atoms with van der Waals surface area (Å²) >= 11 is 0. The number of benzene rings is 4. The number of hydrogen-bond donors (Lipinski definition) is 2. The average Bonchev–Trinajstić information content (AvgIpc) is 2.94. The Kier molecular flexibility index (Phi) is 9.67. The molecule has 0 aromatic heterocycles. The molecule has 0 radical (unpaired) electrons. The number of aliphatic carboxylic acids is 2. The summed E-state index contributed by atoms with van der Waals surface area (Å²) in [5.74, 6) is -0.991. The van der Waals surface area contributed by atoms with Crippen LogP contribution in [0.3, 0.4) is 0 Å². The predicted molar refractivity (Wildman–Crippen MR) is 154 cm³/mol. The van der Waals surface area contributed by atoms with Gasteiger partial charge in [0.2, 0.25) is 0 Å². The molecule has 0 heterocycles. The summed E-state index contributed by atoms with van der Waals surface area (Å²) < 4.78 is 24.2. The van der Waals surface area contributed by atoms with Crippen molar-refractivity contribution in [2.24, 2.45) is 0 Å². The zero-order valence-corrected chi connectivity index (χ0v) is 22.8. The maximum atomic E-state index is 11.6. The van der Waals surface area contributed by atoms with Gasteiger partial charge in [0.25, 0.3) is 0 Å². The molecule has 0 atom stereocenters. The van der Waals surface area contributed by atoms with Gasteiger partial charge in [-0.3, -0.25) is 0 Å². The topological polar surface area (TPSA) is 112 Å². The molecule has 210 valence electrons. The Labute approximate surface area is 233 Å². The summed E-state index contributed by atoms with van der Waals surface area (Å²) in [6, 6.07) is 19.0. The highest BCUT2D eigenvalue weighted by molar-refractivity contribution is 6.11. The third-order valence-corrected chi connectivity index (χ3v) is 6.38. The van der Waals surface area contributed by atoms with Crippen molar-refractivity contribution in [2.75, 3.05) is 26.4 Å². The molecule has 8 heteroatoms. The highest BCUT2D eigenvalue weighted by Gasteiger charge is 2.26. The fourth-order valence-electron chi connectivity index (χ4n) is 4.52. The van der Waals surface area contributed by atoms with Crippen LogP contribution in [0.4, 0.5) is 0 Å². The first-order valence-corrected chi connectivity index (χ1v) is 13.5. The van der Waals surface area contributed by atoms with Crippen molar-refractivity contribution in [3.8, 4) is 34.1 Å². The molecule has 0 aliphatic heterocycles. The van der Waals surface area contributed by atoms with Crippen LogP contribution >= 0.6 is 0 Å². The largest absolute Gasteiger partial charge is 0.490 e. The summed E-state index contributed by atoms with van der Waals surface area (Å²) in [7, 11) is 0. The highest BCUT2D eigenvalue weighted by atomic mass is 16.5. The lowest BCUT2D eigenvalue weighted by molar-refractivity contribution is -0.140. The molecule has 0 aliphatic carbocycles. The summed E-state index contributed by atoms with van der Waals surface area (Å²) in [5.41, 5.74) is 1.09. The molecule has 0 aliphatic rings. The van der Waals surface area contributed by atoms with E-state index in [4.69, 9.17) is 18.9 Å². The van der Waals surface area contributed by atoms with Crippen LogP contribution in [0.2, 0.25) is 0 Å². The summed E-state index contributed by atoms with van der Waals surface area (Å²) in [6.07, 6.45) is 3.44. The molecular formula is C32H34O8. The fraction of sp³-hybridized carbons (Fsp3) is 0.312. The van der Waals surface area contributed by atoms with Crippen LogP contribution in [-0.4, -0.2) is 48.6 Å². The molecule has 4 aromatic rings. The molecule has 40 heavy (non-hydrogen) atoms. The second-order valence-corrected chi connectivity index (χ2v) is 9.37. The van der Waals surface area contributed by atoms with Gasteiger partial charge in [-0.05, 0) is 46.5 Å². The van der Waals surface area contributed by atoms with Gasteiger partial charge < -0.3 is 29.2 Å². The van der Waals surface area contributed by atoms with Crippen molar-refractivity contribution in [3.63, 3.8) is 0 Å². The third-order valence-electron chi connectivity index (χ3n) is 6.38. The molecule has 8 nitrogen and oxygen atoms in total. The number of fused-ring (bicyclic) bond motifs is 2. The Morgan fingerprint density at radius 3 is 1.40 bits per heavy atom. The molecule has 0 fully saturated rings. The van der Waals surface area contributed by atoms with Crippen molar-refractivity contribution < 1.29 is 38.7 Å². The Balaban J connectivity index is 2.11. The van der Waals surface area contributed by atoms with Gasteiger partial charge in [-0.25, -0.2) is 9.59 Å². The average molecular weight is 547 g/mol. The second-order valence-electron chi connectivity index (χ2n) is 9.37. The number of carboxylic acids is 2. The quantitative estimate of drug-likeness (QED) is 0.154. The van der Waals surface area contributed by atoms with Gasteiger partial charge in [0, 0.05) is 11.1 Å². The number of carbonyl (C=O) groups is 2. The zero-order chi connectivity index (χ0) is 28.5. The van der Waals surface area contributed by atoms with Gasteiger partial charge in [-0.1, -0.05) is 75.2 Å². The zero-order valence-electron chi connectivity index (χ0n) is 22.8. The van der Waals surface area contributed by atoms with Gasteiger partial charge >= 0.3 is 11.9 Å². The molecule has 0 spiro atoms. The normalized spacial score (nSPS) is 10.9. The molecule has 4 aromatic carbocycles. The number of carboxylic acid groups (broad SMARTS) is 2. The van der Waals surface area contributed by atoms with E-state index in [1.165, 1.54) is 0 Å². The molecule has 0 amide bonds. The van der Waals surface area contributed by atoms with Gasteiger partial charge in [-0.2, -0.15) is 0 Å². The summed E-state index contributed by atoms with van der Waals surface area (Å²) in [6.45, 7) is 3.76. The molecule has 0 saturated heterocycles. The minimum atomic E-state index is -1.14. The van der Waals surface area contributed by atoms with Gasteiger partial charge in [0.05, 0.1) is 13.2 Å². The van der Waals surface area contributed by atoms with Crippen LogP contribution in [0.5, 0.6) is 23.0 Å². The van der Waals surface area contributed by atoms with Crippen LogP contribution < -0.4 is 18.9 Å². The number of unbranched alkanes of at least 4 members (excludes halogenated alkanes) is 2. The van der Waals surface area contributed by atoms with E-state index in [-0.39, 0.29) is 11.5 Å². The first-order valence-electron chi connectivity index (χ1n) is 13.5. The molecular weight excluding hydrogens is 512 g/mol. The van der Waals surface area contributed by atoms with Crippen molar-refractivity contribution in [2.45, 2.75) is 39.5 Å². The van der Waals surface area contributed by atoms with E-state index in [2.05, 4.69) is 13.8 Å². The monoisotopic (exact) mass is 546 g/mol. The molecule has 4 rings (SSSR count). The summed E-state index contributed by atoms with van der Waals surface area (Å²) in [4.78, 5) is 23.3. The van der Waals surface area contributed by atoms with Gasteiger partial charge in [0.1, 0.15) is 0 Å². The van der Waals surface area contributed by atoms with Crippen LogP contribution in [0.25, 0.3) is 32.7 Å². The van der Waals surface area contributed by atoms with E-state index in [0.29, 0.717) is 35.8 Å². The van der Waals surface area contributed by atoms with E-state index >= 15 is 0 Å². The Hall–Kier alpha value is -4.46. The fourth-order valence-corrected chi connectivity index (χ4v) is 4.52. The standard InChI is InChI=1S/C32H34O8/c1-3-5-15-37-25-17-21-11-7-9-13-23(21)29(31(25)39-19-27(33)34)30-24-14-10-8-12-22(24)18-26(38-16-6-4-2)32(30)40-20-28(35)36/h7-14,17-18H,3-6,15-16,19-20H2,1-2H3,(H,33,34)(H,35,36).